The largest absolute Gasteiger partial charge is 0.381 e. The molecule has 0 spiro atoms. The van der Waals surface area contributed by atoms with Crippen LogP contribution >= 0.6 is 0 Å². The Labute approximate surface area is 79.7 Å². The standard InChI is InChI=1S/C11H18O2/c1-8-3-2-4-10(8)11(12)9-5-6-13-7-9/h8-10H,2-7H2,1H3. The SMILES string of the molecule is CC1CCCC1C(=O)C1CCOC1. The molecular weight excluding hydrogens is 164 g/mol. The highest BCUT2D eigenvalue weighted by molar-refractivity contribution is 5.84. The summed E-state index contributed by atoms with van der Waals surface area (Å²) < 4.78 is 5.25. The molecule has 1 heterocycles. The summed E-state index contributed by atoms with van der Waals surface area (Å²) >= 11 is 0. The Morgan fingerprint density at radius 2 is 2.15 bits per heavy atom. The first kappa shape index (κ1) is 9.20. The summed E-state index contributed by atoms with van der Waals surface area (Å²) in [6.45, 7) is 3.69. The van der Waals surface area contributed by atoms with Gasteiger partial charge in [0.15, 0.2) is 0 Å². The molecule has 0 amide bonds. The first-order valence-corrected chi connectivity index (χ1v) is 5.40. The van der Waals surface area contributed by atoms with Crippen molar-refractivity contribution in [2.24, 2.45) is 17.8 Å². The lowest BCUT2D eigenvalue weighted by molar-refractivity contribution is -0.127. The number of rotatable bonds is 2. The van der Waals surface area contributed by atoms with E-state index in [0.717, 1.165) is 19.4 Å². The number of Topliss-reactive ketones (excluding diaryl/α,β-unsaturated/α-hetero) is 1. The van der Waals surface area contributed by atoms with Gasteiger partial charge >= 0.3 is 0 Å². The predicted octanol–water partition coefficient (Wildman–Crippen LogP) is 2.03. The van der Waals surface area contributed by atoms with Crippen LogP contribution in [0.25, 0.3) is 0 Å². The lowest BCUT2D eigenvalue weighted by Gasteiger charge is -2.17. The van der Waals surface area contributed by atoms with E-state index in [2.05, 4.69) is 6.92 Å². The van der Waals surface area contributed by atoms with Crippen molar-refractivity contribution in [3.8, 4) is 0 Å². The van der Waals surface area contributed by atoms with Crippen LogP contribution in [0.2, 0.25) is 0 Å². The van der Waals surface area contributed by atoms with E-state index in [1.165, 1.54) is 12.8 Å². The summed E-state index contributed by atoms with van der Waals surface area (Å²) in [6.07, 6.45) is 4.56. The number of hydrogen-bond donors (Lipinski definition) is 0. The fraction of sp³-hybridized carbons (Fsp3) is 0.909. The molecule has 13 heavy (non-hydrogen) atoms. The third-order valence-corrected chi connectivity index (χ3v) is 3.56. The van der Waals surface area contributed by atoms with Gasteiger partial charge in [-0.05, 0) is 25.2 Å². The van der Waals surface area contributed by atoms with E-state index in [-0.39, 0.29) is 5.92 Å². The van der Waals surface area contributed by atoms with Crippen LogP contribution in [0.1, 0.15) is 32.6 Å². The molecule has 0 aromatic carbocycles. The van der Waals surface area contributed by atoms with Crippen LogP contribution < -0.4 is 0 Å². The molecule has 1 saturated carbocycles. The van der Waals surface area contributed by atoms with Gasteiger partial charge in [0.05, 0.1) is 6.61 Å². The van der Waals surface area contributed by atoms with Gasteiger partial charge in [-0.1, -0.05) is 13.3 Å². The highest BCUT2D eigenvalue weighted by atomic mass is 16.5. The third-order valence-electron chi connectivity index (χ3n) is 3.56. The van der Waals surface area contributed by atoms with Crippen LogP contribution in [-0.2, 0) is 9.53 Å². The van der Waals surface area contributed by atoms with Crippen LogP contribution in [0, 0.1) is 17.8 Å². The van der Waals surface area contributed by atoms with Crippen molar-refractivity contribution in [2.45, 2.75) is 32.6 Å². The van der Waals surface area contributed by atoms with E-state index >= 15 is 0 Å². The predicted molar refractivity (Wildman–Crippen MR) is 50.4 cm³/mol. The second kappa shape index (κ2) is 3.79. The minimum absolute atomic E-state index is 0.227. The zero-order chi connectivity index (χ0) is 9.26. The molecule has 2 heteroatoms. The minimum Gasteiger partial charge on any atom is -0.381 e. The van der Waals surface area contributed by atoms with E-state index in [4.69, 9.17) is 4.74 Å². The van der Waals surface area contributed by atoms with Crippen LogP contribution in [0.15, 0.2) is 0 Å². The van der Waals surface area contributed by atoms with Gasteiger partial charge in [-0.3, -0.25) is 4.79 Å². The van der Waals surface area contributed by atoms with Crippen molar-refractivity contribution in [1.29, 1.82) is 0 Å². The molecule has 0 N–H and O–H groups in total. The molecule has 0 aromatic heterocycles. The Bertz CT molecular complexity index is 194. The van der Waals surface area contributed by atoms with Gasteiger partial charge in [0.1, 0.15) is 5.78 Å². The minimum atomic E-state index is 0.227. The maximum Gasteiger partial charge on any atom is 0.141 e. The van der Waals surface area contributed by atoms with Gasteiger partial charge in [0.2, 0.25) is 0 Å². The first-order chi connectivity index (χ1) is 6.29. The summed E-state index contributed by atoms with van der Waals surface area (Å²) in [4.78, 5) is 12.0. The summed E-state index contributed by atoms with van der Waals surface area (Å²) in [7, 11) is 0. The average molecular weight is 182 g/mol. The van der Waals surface area contributed by atoms with E-state index in [1.54, 1.807) is 0 Å². The molecule has 3 atom stereocenters. The molecule has 2 rings (SSSR count). The van der Waals surface area contributed by atoms with E-state index < -0.39 is 0 Å². The van der Waals surface area contributed by atoms with Crippen molar-refractivity contribution in [3.63, 3.8) is 0 Å². The number of ether oxygens (including phenoxy) is 1. The summed E-state index contributed by atoms with van der Waals surface area (Å²) in [5, 5.41) is 0. The molecule has 74 valence electrons. The summed E-state index contributed by atoms with van der Waals surface area (Å²) in [5.74, 6) is 1.69. The van der Waals surface area contributed by atoms with Crippen molar-refractivity contribution < 1.29 is 9.53 Å². The Morgan fingerprint density at radius 1 is 1.31 bits per heavy atom. The maximum atomic E-state index is 12.0. The Balaban J connectivity index is 1.95. The number of hydrogen-bond acceptors (Lipinski definition) is 2. The third kappa shape index (κ3) is 1.78. The van der Waals surface area contributed by atoms with Gasteiger partial charge in [0.25, 0.3) is 0 Å². The highest BCUT2D eigenvalue weighted by Gasteiger charge is 2.35. The van der Waals surface area contributed by atoms with Gasteiger partial charge < -0.3 is 4.74 Å². The Hall–Kier alpha value is -0.370. The summed E-state index contributed by atoms with van der Waals surface area (Å²) in [6, 6.07) is 0. The smallest absolute Gasteiger partial charge is 0.141 e. The van der Waals surface area contributed by atoms with Crippen LogP contribution in [0.3, 0.4) is 0 Å². The molecule has 1 aliphatic carbocycles. The molecule has 0 aromatic rings. The monoisotopic (exact) mass is 182 g/mol. The zero-order valence-corrected chi connectivity index (χ0v) is 8.29. The molecular formula is C11H18O2. The Kier molecular flexibility index (Phi) is 2.68. The van der Waals surface area contributed by atoms with Crippen molar-refractivity contribution >= 4 is 5.78 Å². The zero-order valence-electron chi connectivity index (χ0n) is 8.29. The molecule has 2 aliphatic rings. The number of ketones is 1. The fourth-order valence-corrected chi connectivity index (χ4v) is 2.63. The van der Waals surface area contributed by atoms with Crippen molar-refractivity contribution in [1.82, 2.24) is 0 Å². The average Bonchev–Trinajstić information content (AvgIpc) is 2.72. The van der Waals surface area contributed by atoms with Crippen LogP contribution in [0.5, 0.6) is 0 Å². The maximum absolute atomic E-state index is 12.0. The van der Waals surface area contributed by atoms with Crippen molar-refractivity contribution in [2.75, 3.05) is 13.2 Å². The molecule has 2 fully saturated rings. The van der Waals surface area contributed by atoms with Gasteiger partial charge in [-0.25, -0.2) is 0 Å². The second-order valence-corrected chi connectivity index (χ2v) is 4.48. The number of carbonyl (C=O) groups is 1. The second-order valence-electron chi connectivity index (χ2n) is 4.48. The normalized spacial score (nSPS) is 39.6. The molecule has 0 bridgehead atoms. The quantitative estimate of drug-likeness (QED) is 0.653. The van der Waals surface area contributed by atoms with Crippen molar-refractivity contribution in [3.05, 3.63) is 0 Å². The van der Waals surface area contributed by atoms with E-state index in [1.807, 2.05) is 0 Å². The molecule has 1 saturated heterocycles. The van der Waals surface area contributed by atoms with E-state index in [0.29, 0.717) is 24.2 Å². The fourth-order valence-electron chi connectivity index (χ4n) is 2.63. The van der Waals surface area contributed by atoms with Gasteiger partial charge in [-0.2, -0.15) is 0 Å². The molecule has 1 aliphatic heterocycles. The topological polar surface area (TPSA) is 26.3 Å². The van der Waals surface area contributed by atoms with Crippen LogP contribution in [-0.4, -0.2) is 19.0 Å². The van der Waals surface area contributed by atoms with Crippen LogP contribution in [0.4, 0.5) is 0 Å². The number of carbonyl (C=O) groups excluding carboxylic acids is 1. The summed E-state index contributed by atoms with van der Waals surface area (Å²) in [5.41, 5.74) is 0. The van der Waals surface area contributed by atoms with Gasteiger partial charge in [0, 0.05) is 18.4 Å². The Morgan fingerprint density at radius 3 is 2.69 bits per heavy atom. The molecule has 3 unspecified atom stereocenters. The molecule has 0 radical (unpaired) electrons. The molecule has 2 nitrogen and oxygen atoms in total. The first-order valence-electron chi connectivity index (χ1n) is 5.40. The highest BCUT2D eigenvalue weighted by Crippen LogP contribution is 2.34. The lowest BCUT2D eigenvalue weighted by Crippen LogP contribution is -2.25. The van der Waals surface area contributed by atoms with Gasteiger partial charge in [-0.15, -0.1) is 0 Å². The van der Waals surface area contributed by atoms with E-state index in [9.17, 15) is 4.79 Å². The lowest BCUT2D eigenvalue weighted by atomic mass is 9.86.